The van der Waals surface area contributed by atoms with Crippen molar-refractivity contribution >= 4 is 27.5 Å². The highest BCUT2D eigenvalue weighted by Crippen LogP contribution is 2.21. The Morgan fingerprint density at radius 3 is 2.13 bits per heavy atom. The Balaban J connectivity index is 1.84. The molecule has 0 fully saturated rings. The zero-order valence-electron chi connectivity index (χ0n) is 23.0. The summed E-state index contributed by atoms with van der Waals surface area (Å²) >= 11 is 0. The molecule has 3 aromatic rings. The molecule has 0 aromatic heterocycles. The molecule has 1 N–H and O–H groups in total. The van der Waals surface area contributed by atoms with Crippen LogP contribution in [0.3, 0.4) is 0 Å². The number of hydrogen-bond donors (Lipinski definition) is 1. The van der Waals surface area contributed by atoms with E-state index in [-0.39, 0.29) is 31.3 Å². The monoisotopic (exact) mass is 549 g/mol. The van der Waals surface area contributed by atoms with Gasteiger partial charge in [-0.15, -0.1) is 0 Å². The zero-order chi connectivity index (χ0) is 28.3. The first-order valence-corrected chi connectivity index (χ1v) is 15.2. The normalized spacial score (nSPS) is 12.0. The van der Waals surface area contributed by atoms with Crippen molar-refractivity contribution in [1.29, 1.82) is 0 Å². The summed E-state index contributed by atoms with van der Waals surface area (Å²) in [5.41, 5.74) is 3.41. The van der Waals surface area contributed by atoms with Gasteiger partial charge >= 0.3 is 0 Å². The third-order valence-electron chi connectivity index (χ3n) is 6.46. The number of sulfonamides is 1. The minimum atomic E-state index is -3.54. The number of amides is 2. The summed E-state index contributed by atoms with van der Waals surface area (Å²) in [6.07, 6.45) is 2.77. The van der Waals surface area contributed by atoms with Gasteiger partial charge in [0.15, 0.2) is 0 Å². The summed E-state index contributed by atoms with van der Waals surface area (Å²) in [6.45, 7) is 4.87. The van der Waals surface area contributed by atoms with Gasteiger partial charge in [-0.05, 0) is 48.6 Å². The number of anilines is 1. The minimum Gasteiger partial charge on any atom is -0.354 e. The zero-order valence-corrected chi connectivity index (χ0v) is 23.9. The van der Waals surface area contributed by atoms with Gasteiger partial charge < -0.3 is 10.2 Å². The lowest BCUT2D eigenvalue weighted by Crippen LogP contribution is -2.50. The lowest BCUT2D eigenvalue weighted by molar-refractivity contribution is -0.141. The van der Waals surface area contributed by atoms with Gasteiger partial charge in [-0.3, -0.25) is 13.9 Å². The fourth-order valence-corrected chi connectivity index (χ4v) is 5.44. The largest absolute Gasteiger partial charge is 0.354 e. The third-order valence-corrected chi connectivity index (χ3v) is 7.65. The van der Waals surface area contributed by atoms with Gasteiger partial charge in [0.05, 0.1) is 11.9 Å². The Hall–Kier alpha value is -3.65. The Morgan fingerprint density at radius 2 is 1.54 bits per heavy atom. The summed E-state index contributed by atoms with van der Waals surface area (Å²) < 4.78 is 26.5. The van der Waals surface area contributed by atoms with Crippen LogP contribution in [-0.2, 0) is 32.6 Å². The second-order valence-electron chi connectivity index (χ2n) is 9.78. The lowest BCUT2D eigenvalue weighted by Gasteiger charge is -2.32. The summed E-state index contributed by atoms with van der Waals surface area (Å²) in [5.74, 6) is -0.383. The van der Waals surface area contributed by atoms with Crippen molar-refractivity contribution in [3.05, 3.63) is 102 Å². The number of rotatable bonds is 14. The summed E-state index contributed by atoms with van der Waals surface area (Å²) in [5, 5.41) is 2.97. The summed E-state index contributed by atoms with van der Waals surface area (Å²) in [4.78, 5) is 28.8. The fourth-order valence-electron chi connectivity index (χ4n) is 4.49. The van der Waals surface area contributed by atoms with E-state index in [9.17, 15) is 18.0 Å². The summed E-state index contributed by atoms with van der Waals surface area (Å²) in [6, 6.07) is 25.9. The van der Waals surface area contributed by atoms with E-state index < -0.39 is 16.1 Å². The topological polar surface area (TPSA) is 86.8 Å². The standard InChI is InChI=1S/C31H39N3O4S/c1-4-20-32-31(36)29(23-26-14-7-5-8-15-26)33(24-27-16-9-6-10-17-27)30(35)19-12-21-34(39(3,37)38)28-18-11-13-25(2)22-28/h5-11,13-18,22,29H,4,12,19-21,23-24H2,1-3H3,(H,32,36). The van der Waals surface area contributed by atoms with Gasteiger partial charge in [0.1, 0.15) is 6.04 Å². The second-order valence-corrected chi connectivity index (χ2v) is 11.7. The molecule has 0 heterocycles. The van der Waals surface area contributed by atoms with Gasteiger partial charge in [-0.1, -0.05) is 79.7 Å². The van der Waals surface area contributed by atoms with Gasteiger partial charge in [0.2, 0.25) is 21.8 Å². The van der Waals surface area contributed by atoms with Crippen LogP contribution in [0.2, 0.25) is 0 Å². The Bertz CT molecular complexity index is 1310. The molecule has 0 spiro atoms. The maximum Gasteiger partial charge on any atom is 0.243 e. The number of aryl methyl sites for hydroxylation is 1. The lowest BCUT2D eigenvalue weighted by atomic mass is 10.0. The molecule has 208 valence electrons. The number of nitrogens with one attached hydrogen (secondary N) is 1. The maximum absolute atomic E-state index is 13.8. The molecule has 1 atom stereocenters. The van der Waals surface area contributed by atoms with Crippen molar-refractivity contribution in [2.45, 2.75) is 52.1 Å². The average Bonchev–Trinajstić information content (AvgIpc) is 2.92. The van der Waals surface area contributed by atoms with Gasteiger partial charge in [0, 0.05) is 32.5 Å². The maximum atomic E-state index is 13.8. The molecule has 3 rings (SSSR count). The van der Waals surface area contributed by atoms with Crippen LogP contribution in [0.25, 0.3) is 0 Å². The summed E-state index contributed by atoms with van der Waals surface area (Å²) in [7, 11) is -3.54. The number of carbonyl (C=O) groups is 2. The fraction of sp³-hybridized carbons (Fsp3) is 0.355. The van der Waals surface area contributed by atoms with Crippen molar-refractivity contribution in [1.82, 2.24) is 10.2 Å². The molecule has 7 nitrogen and oxygen atoms in total. The molecular weight excluding hydrogens is 510 g/mol. The van der Waals surface area contributed by atoms with Crippen LogP contribution in [0, 0.1) is 6.92 Å². The second kappa shape index (κ2) is 14.5. The molecule has 0 aliphatic rings. The van der Waals surface area contributed by atoms with Crippen LogP contribution in [0.5, 0.6) is 0 Å². The van der Waals surface area contributed by atoms with E-state index in [0.29, 0.717) is 25.1 Å². The van der Waals surface area contributed by atoms with E-state index in [4.69, 9.17) is 0 Å². The number of benzene rings is 3. The SMILES string of the molecule is CCCNC(=O)C(Cc1ccccc1)N(Cc1ccccc1)C(=O)CCCN(c1cccc(C)c1)S(C)(=O)=O. The highest BCUT2D eigenvalue weighted by atomic mass is 32.2. The molecule has 0 aliphatic carbocycles. The molecule has 2 amide bonds. The van der Waals surface area contributed by atoms with Crippen LogP contribution in [0.1, 0.15) is 42.9 Å². The molecule has 0 bridgehead atoms. The van der Waals surface area contributed by atoms with E-state index in [1.54, 1.807) is 11.0 Å². The number of nitrogens with zero attached hydrogens (tertiary/aromatic N) is 2. The van der Waals surface area contributed by atoms with Crippen molar-refractivity contribution in [3.63, 3.8) is 0 Å². The Morgan fingerprint density at radius 1 is 0.897 bits per heavy atom. The minimum absolute atomic E-state index is 0.108. The van der Waals surface area contributed by atoms with E-state index >= 15 is 0 Å². The van der Waals surface area contributed by atoms with Crippen LogP contribution in [0.4, 0.5) is 5.69 Å². The van der Waals surface area contributed by atoms with E-state index in [2.05, 4.69) is 5.32 Å². The first-order valence-electron chi connectivity index (χ1n) is 13.4. The molecule has 1 unspecified atom stereocenters. The average molecular weight is 550 g/mol. The molecule has 39 heavy (non-hydrogen) atoms. The van der Waals surface area contributed by atoms with Crippen molar-refractivity contribution in [2.75, 3.05) is 23.7 Å². The molecular formula is C31H39N3O4S. The van der Waals surface area contributed by atoms with Crippen molar-refractivity contribution in [3.8, 4) is 0 Å². The van der Waals surface area contributed by atoms with Crippen molar-refractivity contribution in [2.24, 2.45) is 0 Å². The van der Waals surface area contributed by atoms with E-state index in [1.165, 1.54) is 10.6 Å². The highest BCUT2D eigenvalue weighted by Gasteiger charge is 2.30. The molecule has 0 saturated heterocycles. The van der Waals surface area contributed by atoms with Gasteiger partial charge in [-0.25, -0.2) is 8.42 Å². The van der Waals surface area contributed by atoms with Crippen LogP contribution in [0.15, 0.2) is 84.9 Å². The third kappa shape index (κ3) is 9.25. The van der Waals surface area contributed by atoms with Gasteiger partial charge in [-0.2, -0.15) is 0 Å². The van der Waals surface area contributed by atoms with Crippen LogP contribution in [-0.4, -0.2) is 50.5 Å². The quantitative estimate of drug-likeness (QED) is 0.316. The first kappa shape index (κ1) is 29.9. The number of carbonyl (C=O) groups excluding carboxylic acids is 2. The number of hydrogen-bond acceptors (Lipinski definition) is 4. The molecule has 0 saturated carbocycles. The predicted molar refractivity (Wildman–Crippen MR) is 157 cm³/mol. The van der Waals surface area contributed by atoms with Crippen LogP contribution >= 0.6 is 0 Å². The molecule has 8 heteroatoms. The molecule has 0 radical (unpaired) electrons. The van der Waals surface area contributed by atoms with Crippen molar-refractivity contribution < 1.29 is 18.0 Å². The van der Waals surface area contributed by atoms with Crippen LogP contribution < -0.4 is 9.62 Å². The molecule has 0 aliphatic heterocycles. The molecule has 3 aromatic carbocycles. The highest BCUT2D eigenvalue weighted by molar-refractivity contribution is 7.92. The Kier molecular flexibility index (Phi) is 11.1. The van der Waals surface area contributed by atoms with Gasteiger partial charge in [0.25, 0.3) is 0 Å². The first-order chi connectivity index (χ1) is 18.7. The van der Waals surface area contributed by atoms with E-state index in [1.807, 2.05) is 92.7 Å². The smallest absolute Gasteiger partial charge is 0.243 e. The van der Waals surface area contributed by atoms with E-state index in [0.717, 1.165) is 23.1 Å². The predicted octanol–water partition coefficient (Wildman–Crippen LogP) is 4.71. The Labute approximate surface area is 232 Å².